The van der Waals surface area contributed by atoms with Crippen molar-refractivity contribution >= 4 is 5.91 Å². The van der Waals surface area contributed by atoms with Gasteiger partial charge in [0.2, 0.25) is 0 Å². The van der Waals surface area contributed by atoms with Crippen LogP contribution in [0.15, 0.2) is 18.2 Å². The summed E-state index contributed by atoms with van der Waals surface area (Å²) in [5.74, 6) is 2.57. The van der Waals surface area contributed by atoms with E-state index in [0.717, 1.165) is 18.4 Å². The van der Waals surface area contributed by atoms with Gasteiger partial charge in [-0.1, -0.05) is 12.0 Å². The molecule has 0 spiro atoms. The van der Waals surface area contributed by atoms with Gasteiger partial charge in [-0.25, -0.2) is 0 Å². The van der Waals surface area contributed by atoms with E-state index in [0.29, 0.717) is 13.1 Å². The summed E-state index contributed by atoms with van der Waals surface area (Å²) in [5, 5.41) is 0. The zero-order valence-electron chi connectivity index (χ0n) is 10.2. The highest BCUT2D eigenvalue weighted by Crippen LogP contribution is 2.23. The average Bonchev–Trinajstić information content (AvgIpc) is 2.82. The fourth-order valence-corrected chi connectivity index (χ4v) is 2.32. The van der Waals surface area contributed by atoms with Crippen LogP contribution < -0.4 is 0 Å². The monoisotopic (exact) mass is 227 g/mol. The Morgan fingerprint density at radius 2 is 2.18 bits per heavy atom. The van der Waals surface area contributed by atoms with Crippen LogP contribution in [-0.2, 0) is 12.8 Å². The van der Waals surface area contributed by atoms with Gasteiger partial charge in [-0.2, -0.15) is 0 Å². The van der Waals surface area contributed by atoms with Crippen LogP contribution in [0.3, 0.4) is 0 Å². The van der Waals surface area contributed by atoms with Crippen molar-refractivity contribution < 1.29 is 4.79 Å². The summed E-state index contributed by atoms with van der Waals surface area (Å²) in [7, 11) is 0. The maximum Gasteiger partial charge on any atom is 0.254 e. The molecule has 0 fully saturated rings. The van der Waals surface area contributed by atoms with Gasteiger partial charge in [0.1, 0.15) is 0 Å². The second kappa shape index (κ2) is 5.05. The molecule has 1 aliphatic carbocycles. The van der Waals surface area contributed by atoms with Crippen molar-refractivity contribution in [2.45, 2.75) is 26.2 Å². The number of carbonyl (C=O) groups is 1. The number of hydrogen-bond donors (Lipinski definition) is 0. The van der Waals surface area contributed by atoms with Gasteiger partial charge < -0.3 is 4.90 Å². The lowest BCUT2D eigenvalue weighted by Crippen LogP contribution is -2.31. The minimum atomic E-state index is 0.0418. The van der Waals surface area contributed by atoms with E-state index in [-0.39, 0.29) is 5.91 Å². The predicted molar refractivity (Wildman–Crippen MR) is 68.9 cm³/mol. The molecular weight excluding hydrogens is 210 g/mol. The maximum atomic E-state index is 12.2. The van der Waals surface area contributed by atoms with Gasteiger partial charge in [0.15, 0.2) is 0 Å². The van der Waals surface area contributed by atoms with E-state index >= 15 is 0 Å². The number of amides is 1. The van der Waals surface area contributed by atoms with Gasteiger partial charge in [-0.15, -0.1) is 6.42 Å². The van der Waals surface area contributed by atoms with E-state index in [9.17, 15) is 4.79 Å². The third-order valence-corrected chi connectivity index (χ3v) is 3.30. The molecule has 0 saturated heterocycles. The first-order valence-corrected chi connectivity index (χ1v) is 6.10. The van der Waals surface area contributed by atoms with Crippen molar-refractivity contribution in [1.82, 2.24) is 4.90 Å². The summed E-state index contributed by atoms with van der Waals surface area (Å²) in [5.41, 5.74) is 3.48. The lowest BCUT2D eigenvalue weighted by atomic mass is 10.1. The molecule has 1 aromatic carbocycles. The summed E-state index contributed by atoms with van der Waals surface area (Å²) in [6.07, 6.45) is 8.71. The SMILES string of the molecule is C#CCN(CC)C(=O)c1ccc2c(c1)CCC2. The van der Waals surface area contributed by atoms with Crippen LogP contribution in [0.1, 0.15) is 34.8 Å². The maximum absolute atomic E-state index is 12.2. The van der Waals surface area contributed by atoms with E-state index in [1.807, 2.05) is 19.1 Å². The molecule has 1 amide bonds. The van der Waals surface area contributed by atoms with E-state index < -0.39 is 0 Å². The summed E-state index contributed by atoms with van der Waals surface area (Å²) in [6.45, 7) is 2.98. The molecule has 0 saturated carbocycles. The molecular formula is C15H17NO. The fourth-order valence-electron chi connectivity index (χ4n) is 2.32. The van der Waals surface area contributed by atoms with Crippen LogP contribution in [-0.4, -0.2) is 23.9 Å². The van der Waals surface area contributed by atoms with Crippen LogP contribution in [0.2, 0.25) is 0 Å². The van der Waals surface area contributed by atoms with Crippen LogP contribution in [0.4, 0.5) is 0 Å². The van der Waals surface area contributed by atoms with Gasteiger partial charge in [-0.05, 0) is 49.4 Å². The molecule has 2 nitrogen and oxygen atoms in total. The van der Waals surface area contributed by atoms with Crippen molar-refractivity contribution in [1.29, 1.82) is 0 Å². The van der Waals surface area contributed by atoms with E-state index in [1.54, 1.807) is 4.90 Å². The van der Waals surface area contributed by atoms with E-state index in [4.69, 9.17) is 6.42 Å². The molecule has 0 bridgehead atoms. The third kappa shape index (κ3) is 2.34. The first-order chi connectivity index (χ1) is 8.26. The number of carbonyl (C=O) groups excluding carboxylic acids is 1. The fraction of sp³-hybridized carbons (Fsp3) is 0.400. The molecule has 88 valence electrons. The predicted octanol–water partition coefficient (Wildman–Crippen LogP) is 2.27. The third-order valence-electron chi connectivity index (χ3n) is 3.30. The highest BCUT2D eigenvalue weighted by molar-refractivity contribution is 5.94. The van der Waals surface area contributed by atoms with E-state index in [2.05, 4.69) is 12.0 Å². The molecule has 0 unspecified atom stereocenters. The quantitative estimate of drug-likeness (QED) is 0.725. The van der Waals surface area contributed by atoms with Crippen LogP contribution >= 0.6 is 0 Å². The van der Waals surface area contributed by atoms with Gasteiger partial charge in [0.25, 0.3) is 5.91 Å². The van der Waals surface area contributed by atoms with Crippen molar-refractivity contribution in [2.75, 3.05) is 13.1 Å². The minimum absolute atomic E-state index is 0.0418. The van der Waals surface area contributed by atoms with Crippen LogP contribution in [0, 0.1) is 12.3 Å². The molecule has 1 aromatic rings. The zero-order valence-corrected chi connectivity index (χ0v) is 10.2. The van der Waals surface area contributed by atoms with Gasteiger partial charge in [0.05, 0.1) is 6.54 Å². The molecule has 0 N–H and O–H groups in total. The summed E-state index contributed by atoms with van der Waals surface area (Å²) < 4.78 is 0. The van der Waals surface area contributed by atoms with Gasteiger partial charge >= 0.3 is 0 Å². The lowest BCUT2D eigenvalue weighted by molar-refractivity contribution is 0.0785. The first-order valence-electron chi connectivity index (χ1n) is 6.10. The summed E-state index contributed by atoms with van der Waals surface area (Å²) >= 11 is 0. The number of fused-ring (bicyclic) bond motifs is 1. The van der Waals surface area contributed by atoms with E-state index in [1.165, 1.54) is 17.5 Å². The zero-order chi connectivity index (χ0) is 12.3. The molecule has 0 radical (unpaired) electrons. The largest absolute Gasteiger partial charge is 0.328 e. The Labute approximate surface area is 103 Å². The standard InChI is InChI=1S/C15H17NO/c1-3-10-16(4-2)15(17)14-9-8-12-6-5-7-13(12)11-14/h1,8-9,11H,4-7,10H2,2H3. The lowest BCUT2D eigenvalue weighted by Gasteiger charge is -2.18. The van der Waals surface area contributed by atoms with Crippen molar-refractivity contribution in [3.63, 3.8) is 0 Å². The van der Waals surface area contributed by atoms with Crippen molar-refractivity contribution in [3.05, 3.63) is 34.9 Å². The summed E-state index contributed by atoms with van der Waals surface area (Å²) in [6, 6.07) is 6.04. The molecule has 0 atom stereocenters. The second-order valence-electron chi connectivity index (χ2n) is 4.36. The Kier molecular flexibility index (Phi) is 3.49. The molecule has 17 heavy (non-hydrogen) atoms. The normalized spacial score (nSPS) is 12.9. The topological polar surface area (TPSA) is 20.3 Å². The molecule has 2 rings (SSSR count). The van der Waals surface area contributed by atoms with Gasteiger partial charge in [0, 0.05) is 12.1 Å². The Bertz CT molecular complexity index is 470. The number of rotatable bonds is 3. The molecule has 2 heteroatoms. The Balaban J connectivity index is 2.22. The number of nitrogens with zero attached hydrogens (tertiary/aromatic N) is 1. The minimum Gasteiger partial charge on any atom is -0.328 e. The first kappa shape index (κ1) is 11.7. The Morgan fingerprint density at radius 3 is 2.88 bits per heavy atom. The Hall–Kier alpha value is -1.75. The van der Waals surface area contributed by atoms with Crippen LogP contribution in [0.5, 0.6) is 0 Å². The molecule has 0 aromatic heterocycles. The highest BCUT2D eigenvalue weighted by atomic mass is 16.2. The number of aryl methyl sites for hydroxylation is 2. The number of benzene rings is 1. The number of terminal acetylenes is 1. The molecule has 0 heterocycles. The smallest absolute Gasteiger partial charge is 0.254 e. The molecule has 0 aliphatic heterocycles. The average molecular weight is 227 g/mol. The van der Waals surface area contributed by atoms with Gasteiger partial charge in [-0.3, -0.25) is 4.79 Å². The summed E-state index contributed by atoms with van der Waals surface area (Å²) in [4.78, 5) is 13.9. The molecule has 1 aliphatic rings. The second-order valence-corrected chi connectivity index (χ2v) is 4.36. The van der Waals surface area contributed by atoms with Crippen LogP contribution in [0.25, 0.3) is 0 Å². The Morgan fingerprint density at radius 1 is 1.41 bits per heavy atom. The number of hydrogen-bond acceptors (Lipinski definition) is 1. The van der Waals surface area contributed by atoms with Crippen molar-refractivity contribution in [2.24, 2.45) is 0 Å². The van der Waals surface area contributed by atoms with Crippen molar-refractivity contribution in [3.8, 4) is 12.3 Å². The highest BCUT2D eigenvalue weighted by Gasteiger charge is 2.17.